The molecule has 1 aromatic rings. The van der Waals surface area contributed by atoms with Gasteiger partial charge in [0, 0.05) is 0 Å². The molecule has 0 radical (unpaired) electrons. The van der Waals surface area contributed by atoms with Gasteiger partial charge in [-0.1, -0.05) is 25.5 Å². The number of halogens is 3. The summed E-state index contributed by atoms with van der Waals surface area (Å²) < 4.78 is 38.6. The van der Waals surface area contributed by atoms with Crippen LogP contribution in [0.5, 0.6) is 0 Å². The van der Waals surface area contributed by atoms with Crippen LogP contribution in [0.3, 0.4) is 0 Å². The molecule has 2 N–H and O–H groups in total. The lowest BCUT2D eigenvalue weighted by Crippen LogP contribution is -2.52. The van der Waals surface area contributed by atoms with Crippen LogP contribution >= 0.6 is 0 Å². The average Bonchev–Trinajstić information content (AvgIpc) is 2.37. The quantitative estimate of drug-likeness (QED) is 0.878. The van der Waals surface area contributed by atoms with Crippen molar-refractivity contribution in [1.82, 2.24) is 5.32 Å². The first-order chi connectivity index (χ1) is 9.62. The van der Waals surface area contributed by atoms with Crippen molar-refractivity contribution in [2.45, 2.75) is 38.4 Å². The Balaban J connectivity index is 3.13. The number of carbonyl (C=O) groups excluding carboxylic acids is 1. The van der Waals surface area contributed by atoms with Gasteiger partial charge in [-0.3, -0.25) is 4.79 Å². The molecule has 0 aromatic heterocycles. The number of amides is 1. The maximum atomic E-state index is 12.9. The second-order valence-corrected chi connectivity index (χ2v) is 4.88. The van der Waals surface area contributed by atoms with E-state index in [9.17, 15) is 22.8 Å². The Bertz CT molecular complexity index is 543. The number of hydrogen-bond acceptors (Lipinski definition) is 2. The third-order valence-corrected chi connectivity index (χ3v) is 3.09. The first-order valence-electron chi connectivity index (χ1n) is 6.34. The summed E-state index contributed by atoms with van der Waals surface area (Å²) in [6.45, 7) is 2.99. The van der Waals surface area contributed by atoms with Crippen LogP contribution in [0.2, 0.25) is 0 Å². The predicted molar refractivity (Wildman–Crippen MR) is 69.9 cm³/mol. The number of benzene rings is 1. The van der Waals surface area contributed by atoms with Gasteiger partial charge >= 0.3 is 12.1 Å². The molecule has 0 spiro atoms. The number of carbonyl (C=O) groups is 2. The van der Waals surface area contributed by atoms with Crippen LogP contribution in [0.25, 0.3) is 0 Å². The fourth-order valence-corrected chi connectivity index (χ4v) is 1.97. The smallest absolute Gasteiger partial charge is 0.417 e. The summed E-state index contributed by atoms with van der Waals surface area (Å²) >= 11 is 0. The van der Waals surface area contributed by atoms with E-state index in [-0.39, 0.29) is 6.42 Å². The van der Waals surface area contributed by atoms with E-state index in [2.05, 4.69) is 5.32 Å². The Kier molecular flexibility index (Phi) is 4.98. The minimum atomic E-state index is -4.68. The summed E-state index contributed by atoms with van der Waals surface area (Å²) in [7, 11) is 0. The summed E-state index contributed by atoms with van der Waals surface area (Å²) in [6, 6.07) is 4.27. The second-order valence-electron chi connectivity index (χ2n) is 4.88. The number of hydrogen-bond donors (Lipinski definition) is 2. The third kappa shape index (κ3) is 3.96. The molecule has 1 atom stereocenters. The van der Waals surface area contributed by atoms with Gasteiger partial charge in [0.1, 0.15) is 5.54 Å². The Morgan fingerprint density at radius 3 is 2.29 bits per heavy atom. The highest BCUT2D eigenvalue weighted by Crippen LogP contribution is 2.32. The number of rotatable bonds is 5. The summed E-state index contributed by atoms with van der Waals surface area (Å²) in [4.78, 5) is 23.3. The van der Waals surface area contributed by atoms with E-state index in [0.29, 0.717) is 6.42 Å². The molecule has 0 aliphatic heterocycles. The monoisotopic (exact) mass is 303 g/mol. The van der Waals surface area contributed by atoms with Crippen LogP contribution in [-0.2, 0) is 11.0 Å². The first-order valence-corrected chi connectivity index (χ1v) is 6.34. The first kappa shape index (κ1) is 17.0. The SMILES string of the molecule is CCCC(C)(NC(=O)c1ccccc1C(F)(F)F)C(=O)O. The molecule has 1 aromatic carbocycles. The van der Waals surface area contributed by atoms with Crippen molar-refractivity contribution in [2.24, 2.45) is 0 Å². The number of carboxylic acids is 1. The van der Waals surface area contributed by atoms with Crippen LogP contribution in [0.1, 0.15) is 42.6 Å². The standard InChI is InChI=1S/C14H16F3NO3/c1-3-8-13(2,12(20)21)18-11(19)9-6-4-5-7-10(9)14(15,16)17/h4-7H,3,8H2,1-2H3,(H,18,19)(H,20,21). The lowest BCUT2D eigenvalue weighted by atomic mass is 9.95. The van der Waals surface area contributed by atoms with Gasteiger partial charge in [-0.15, -0.1) is 0 Å². The highest BCUT2D eigenvalue weighted by atomic mass is 19.4. The number of carboxylic acid groups (broad SMARTS) is 1. The molecule has 1 unspecified atom stereocenters. The summed E-state index contributed by atoms with van der Waals surface area (Å²) in [5.41, 5.74) is -3.29. The van der Waals surface area contributed by atoms with Crippen LogP contribution in [0, 0.1) is 0 Å². The molecule has 0 bridgehead atoms. The molecule has 0 heterocycles. The van der Waals surface area contributed by atoms with Gasteiger partial charge in [0.25, 0.3) is 5.91 Å². The average molecular weight is 303 g/mol. The van der Waals surface area contributed by atoms with E-state index >= 15 is 0 Å². The zero-order valence-corrected chi connectivity index (χ0v) is 11.6. The van der Waals surface area contributed by atoms with Crippen molar-refractivity contribution >= 4 is 11.9 Å². The normalized spacial score (nSPS) is 14.3. The molecule has 4 nitrogen and oxygen atoms in total. The Hall–Kier alpha value is -2.05. The van der Waals surface area contributed by atoms with Gasteiger partial charge < -0.3 is 10.4 Å². The summed E-state index contributed by atoms with van der Waals surface area (Å²) in [5.74, 6) is -2.34. The fraction of sp³-hybridized carbons (Fsp3) is 0.429. The minimum Gasteiger partial charge on any atom is -0.480 e. The van der Waals surface area contributed by atoms with E-state index in [1.807, 2.05) is 0 Å². The van der Waals surface area contributed by atoms with E-state index in [1.54, 1.807) is 6.92 Å². The van der Waals surface area contributed by atoms with Crippen LogP contribution < -0.4 is 5.32 Å². The lowest BCUT2D eigenvalue weighted by Gasteiger charge is -2.26. The van der Waals surface area contributed by atoms with Crippen LogP contribution in [-0.4, -0.2) is 22.5 Å². The van der Waals surface area contributed by atoms with Crippen molar-refractivity contribution in [2.75, 3.05) is 0 Å². The molecule has 0 saturated carbocycles. The fourth-order valence-electron chi connectivity index (χ4n) is 1.97. The molecule has 0 saturated heterocycles. The van der Waals surface area contributed by atoms with Gasteiger partial charge in [0.15, 0.2) is 0 Å². The molecule has 0 fully saturated rings. The third-order valence-electron chi connectivity index (χ3n) is 3.09. The van der Waals surface area contributed by atoms with Gasteiger partial charge in [-0.2, -0.15) is 13.2 Å². The van der Waals surface area contributed by atoms with E-state index < -0.39 is 34.7 Å². The summed E-state index contributed by atoms with van der Waals surface area (Å²) in [6.07, 6.45) is -4.11. The maximum absolute atomic E-state index is 12.9. The Labute approximate surface area is 120 Å². The highest BCUT2D eigenvalue weighted by Gasteiger charge is 2.38. The van der Waals surface area contributed by atoms with E-state index in [1.165, 1.54) is 19.1 Å². The highest BCUT2D eigenvalue weighted by molar-refractivity contribution is 5.99. The maximum Gasteiger partial charge on any atom is 0.417 e. The Morgan fingerprint density at radius 1 is 1.24 bits per heavy atom. The second kappa shape index (κ2) is 6.15. The molecule has 21 heavy (non-hydrogen) atoms. The minimum absolute atomic E-state index is 0.113. The molecule has 1 rings (SSSR count). The molecule has 1 amide bonds. The molecular formula is C14H16F3NO3. The van der Waals surface area contributed by atoms with Crippen molar-refractivity contribution < 1.29 is 27.9 Å². The van der Waals surface area contributed by atoms with Crippen molar-refractivity contribution in [3.05, 3.63) is 35.4 Å². The molecule has 116 valence electrons. The number of nitrogens with one attached hydrogen (secondary N) is 1. The van der Waals surface area contributed by atoms with E-state index in [0.717, 1.165) is 12.1 Å². The van der Waals surface area contributed by atoms with Gasteiger partial charge in [0.05, 0.1) is 11.1 Å². The van der Waals surface area contributed by atoms with Crippen LogP contribution in [0.15, 0.2) is 24.3 Å². The van der Waals surface area contributed by atoms with Crippen molar-refractivity contribution in [1.29, 1.82) is 0 Å². The number of aliphatic carboxylic acids is 1. The van der Waals surface area contributed by atoms with Gasteiger partial charge in [-0.05, 0) is 25.5 Å². The van der Waals surface area contributed by atoms with Crippen molar-refractivity contribution in [3.8, 4) is 0 Å². The van der Waals surface area contributed by atoms with Gasteiger partial charge in [0.2, 0.25) is 0 Å². The van der Waals surface area contributed by atoms with E-state index in [4.69, 9.17) is 5.11 Å². The molecular weight excluding hydrogens is 287 g/mol. The topological polar surface area (TPSA) is 66.4 Å². The molecule has 0 aliphatic carbocycles. The van der Waals surface area contributed by atoms with Gasteiger partial charge in [-0.25, -0.2) is 4.79 Å². The van der Waals surface area contributed by atoms with Crippen molar-refractivity contribution in [3.63, 3.8) is 0 Å². The molecule has 7 heteroatoms. The largest absolute Gasteiger partial charge is 0.480 e. The predicted octanol–water partition coefficient (Wildman–Crippen LogP) is 3.08. The number of alkyl halides is 3. The van der Waals surface area contributed by atoms with Crippen LogP contribution in [0.4, 0.5) is 13.2 Å². The summed E-state index contributed by atoms with van der Waals surface area (Å²) in [5, 5.41) is 11.3. The zero-order valence-electron chi connectivity index (χ0n) is 11.6. The Morgan fingerprint density at radius 2 is 1.81 bits per heavy atom. The molecule has 0 aliphatic rings. The zero-order chi connectivity index (χ0) is 16.3. The lowest BCUT2D eigenvalue weighted by molar-refractivity contribution is -0.144.